The molecule has 1 aliphatic rings. The molecule has 0 saturated carbocycles. The Morgan fingerprint density at radius 3 is 2.23 bits per heavy atom. The van der Waals surface area contributed by atoms with Crippen molar-refractivity contribution in [1.82, 2.24) is 5.06 Å². The number of hydrogen-bond acceptors (Lipinski definition) is 4. The van der Waals surface area contributed by atoms with E-state index >= 15 is 0 Å². The van der Waals surface area contributed by atoms with Gasteiger partial charge in [0.25, 0.3) is 0 Å². The molecule has 0 N–H and O–H groups in total. The summed E-state index contributed by atoms with van der Waals surface area (Å²) in [7, 11) is 0. The predicted octanol–water partition coefficient (Wildman–Crippen LogP) is 3.38. The first-order chi connectivity index (χ1) is 10.3. The van der Waals surface area contributed by atoms with Gasteiger partial charge in [-0.2, -0.15) is 0 Å². The summed E-state index contributed by atoms with van der Waals surface area (Å²) in [6.45, 7) is 6.56. The summed E-state index contributed by atoms with van der Waals surface area (Å²) in [6, 6.07) is 7.39. The molecule has 0 aromatic heterocycles. The Hall–Kier alpha value is -1.39. The van der Waals surface area contributed by atoms with Crippen LogP contribution in [0.15, 0.2) is 24.3 Å². The van der Waals surface area contributed by atoms with E-state index in [1.807, 2.05) is 32.9 Å². The first kappa shape index (κ1) is 17.0. The number of rotatable bonds is 3. The molecule has 0 spiro atoms. The normalized spacial score (nSPS) is 18.7. The molecule has 1 saturated heterocycles. The predicted molar refractivity (Wildman–Crippen MR) is 85.5 cm³/mol. The minimum Gasteiger partial charge on any atom is -0.367 e. The lowest BCUT2D eigenvalue weighted by atomic mass is 9.74. The summed E-state index contributed by atoms with van der Waals surface area (Å²) in [5.74, 6) is -0.252. The van der Waals surface area contributed by atoms with E-state index in [2.05, 4.69) is 0 Å². The largest absolute Gasteiger partial charge is 0.367 e. The molecule has 120 valence electrons. The molecular weight excluding hydrogens is 302 g/mol. The molecule has 1 heterocycles. The van der Waals surface area contributed by atoms with Gasteiger partial charge in [-0.1, -0.05) is 23.7 Å². The minimum absolute atomic E-state index is 0.252. The molecule has 0 radical (unpaired) electrons. The molecule has 0 aliphatic carbocycles. The maximum absolute atomic E-state index is 11.9. The van der Waals surface area contributed by atoms with Crippen LogP contribution in [0, 0.1) is 5.41 Å². The summed E-state index contributed by atoms with van der Waals surface area (Å²) < 4.78 is 0. The first-order valence-electron chi connectivity index (χ1n) is 7.47. The Kier molecular flexibility index (Phi) is 4.93. The first-order valence-corrected chi connectivity index (χ1v) is 7.84. The molecule has 0 atom stereocenters. The minimum atomic E-state index is -0.532. The highest BCUT2D eigenvalue weighted by molar-refractivity contribution is 6.30. The van der Waals surface area contributed by atoms with E-state index in [0.717, 1.165) is 11.8 Å². The van der Waals surface area contributed by atoms with Crippen molar-refractivity contribution in [2.45, 2.75) is 39.0 Å². The van der Waals surface area contributed by atoms with E-state index in [-0.39, 0.29) is 5.97 Å². The van der Waals surface area contributed by atoms with Crippen LogP contribution in [-0.2, 0) is 19.8 Å². The number of carbonyl (C=O) groups is 2. The maximum atomic E-state index is 11.9. The number of halogens is 1. The third kappa shape index (κ3) is 3.68. The number of carbonyl (C=O) groups excluding carboxylic acids is 2. The average Bonchev–Trinajstić information content (AvgIpc) is 2.48. The Labute approximate surface area is 136 Å². The highest BCUT2D eigenvalue weighted by Gasteiger charge is 2.38. The van der Waals surface area contributed by atoms with Crippen LogP contribution in [-0.4, -0.2) is 30.4 Å². The van der Waals surface area contributed by atoms with Crippen molar-refractivity contribution in [2.24, 2.45) is 5.41 Å². The van der Waals surface area contributed by atoms with E-state index in [9.17, 15) is 9.59 Å². The average molecular weight is 324 g/mol. The third-order valence-electron chi connectivity index (χ3n) is 4.08. The second-order valence-electron chi connectivity index (χ2n) is 6.84. The van der Waals surface area contributed by atoms with Crippen LogP contribution in [0.3, 0.4) is 0 Å². The zero-order chi connectivity index (χ0) is 16.4. The maximum Gasteiger partial charge on any atom is 0.330 e. The topological polar surface area (TPSA) is 46.6 Å². The van der Waals surface area contributed by atoms with Crippen LogP contribution in [0.4, 0.5) is 0 Å². The van der Waals surface area contributed by atoms with E-state index in [1.165, 1.54) is 0 Å². The van der Waals surface area contributed by atoms with E-state index in [4.69, 9.17) is 16.4 Å². The summed E-state index contributed by atoms with van der Waals surface area (Å²) in [5.41, 5.74) is -0.0846. The van der Waals surface area contributed by atoms with Gasteiger partial charge in [-0.3, -0.25) is 0 Å². The number of benzene rings is 1. The molecule has 0 bridgehead atoms. The molecule has 1 fully saturated rings. The molecule has 1 aromatic rings. The Morgan fingerprint density at radius 2 is 1.77 bits per heavy atom. The van der Waals surface area contributed by atoms with Crippen molar-refractivity contribution in [3.63, 3.8) is 0 Å². The van der Waals surface area contributed by atoms with Gasteiger partial charge < -0.3 is 9.63 Å². The van der Waals surface area contributed by atoms with Crippen LogP contribution < -0.4 is 0 Å². The highest BCUT2D eigenvalue weighted by Crippen LogP contribution is 2.34. The summed E-state index contributed by atoms with van der Waals surface area (Å²) >= 11 is 5.91. The number of nitrogens with zero attached hydrogens (tertiary/aromatic N) is 1. The number of piperidine rings is 1. The molecule has 5 heteroatoms. The van der Waals surface area contributed by atoms with E-state index in [0.29, 0.717) is 31.0 Å². The lowest BCUT2D eigenvalue weighted by molar-refractivity contribution is -0.206. The Balaban J connectivity index is 2.04. The second kappa shape index (κ2) is 6.39. The second-order valence-corrected chi connectivity index (χ2v) is 7.28. The van der Waals surface area contributed by atoms with Crippen LogP contribution >= 0.6 is 11.6 Å². The van der Waals surface area contributed by atoms with Crippen molar-refractivity contribution < 1.29 is 14.4 Å². The fraction of sp³-hybridized carbons (Fsp3) is 0.529. The van der Waals surface area contributed by atoms with E-state index < -0.39 is 10.8 Å². The fourth-order valence-electron chi connectivity index (χ4n) is 2.49. The quantitative estimate of drug-likeness (QED) is 0.800. The van der Waals surface area contributed by atoms with Gasteiger partial charge in [0, 0.05) is 18.1 Å². The summed E-state index contributed by atoms with van der Waals surface area (Å²) in [5, 5.41) is 2.31. The van der Waals surface area contributed by atoms with Gasteiger partial charge in [0.05, 0.1) is 10.8 Å². The lowest BCUT2D eigenvalue weighted by Crippen LogP contribution is -2.45. The van der Waals surface area contributed by atoms with Gasteiger partial charge >= 0.3 is 5.97 Å². The van der Waals surface area contributed by atoms with E-state index in [1.54, 1.807) is 17.2 Å². The number of hydroxylamine groups is 2. The molecule has 4 nitrogen and oxygen atoms in total. The zero-order valence-electron chi connectivity index (χ0n) is 13.3. The van der Waals surface area contributed by atoms with Crippen LogP contribution in [0.25, 0.3) is 0 Å². The summed E-state index contributed by atoms with van der Waals surface area (Å²) in [4.78, 5) is 29.0. The van der Waals surface area contributed by atoms with Crippen molar-refractivity contribution in [1.29, 1.82) is 0 Å². The van der Waals surface area contributed by atoms with Gasteiger partial charge in [-0.25, -0.2) is 4.79 Å². The van der Waals surface area contributed by atoms with Gasteiger partial charge in [0.1, 0.15) is 6.29 Å². The summed E-state index contributed by atoms with van der Waals surface area (Å²) in [6.07, 6.45) is 2.25. The lowest BCUT2D eigenvalue weighted by Gasteiger charge is -2.38. The molecule has 0 unspecified atom stereocenters. The molecule has 1 aliphatic heterocycles. The highest BCUT2D eigenvalue weighted by atomic mass is 35.5. The van der Waals surface area contributed by atoms with Crippen molar-refractivity contribution >= 4 is 23.9 Å². The molecule has 22 heavy (non-hydrogen) atoms. The van der Waals surface area contributed by atoms with Crippen LogP contribution in [0.1, 0.15) is 39.2 Å². The van der Waals surface area contributed by atoms with Crippen LogP contribution in [0.5, 0.6) is 0 Å². The Bertz CT molecular complexity index is 540. The van der Waals surface area contributed by atoms with Gasteiger partial charge in [0.2, 0.25) is 0 Å². The number of aldehydes is 1. The van der Waals surface area contributed by atoms with Gasteiger partial charge in [-0.15, -0.1) is 5.06 Å². The molecule has 1 aromatic carbocycles. The van der Waals surface area contributed by atoms with Crippen molar-refractivity contribution in [2.75, 3.05) is 13.1 Å². The SMILES string of the molecule is CC(C)(C)C(=O)ON1CCC(C=O)(c2ccc(Cl)cc2)CC1. The standard InChI is InChI=1S/C17H22ClNO3/c1-16(2,3)15(21)22-19-10-8-17(12-20,9-11-19)13-4-6-14(18)7-5-13/h4-7,12H,8-11H2,1-3H3. The van der Waals surface area contributed by atoms with Crippen molar-refractivity contribution in [3.8, 4) is 0 Å². The fourth-order valence-corrected chi connectivity index (χ4v) is 2.61. The van der Waals surface area contributed by atoms with Gasteiger partial charge in [0.15, 0.2) is 0 Å². The third-order valence-corrected chi connectivity index (χ3v) is 4.34. The number of hydrogen-bond donors (Lipinski definition) is 0. The smallest absolute Gasteiger partial charge is 0.330 e. The zero-order valence-corrected chi connectivity index (χ0v) is 14.0. The monoisotopic (exact) mass is 323 g/mol. The molecular formula is C17H22ClNO3. The van der Waals surface area contributed by atoms with Crippen molar-refractivity contribution in [3.05, 3.63) is 34.9 Å². The molecule has 0 amide bonds. The van der Waals surface area contributed by atoms with Crippen LogP contribution in [0.2, 0.25) is 5.02 Å². The van der Waals surface area contributed by atoms with Gasteiger partial charge in [-0.05, 0) is 51.3 Å². The Morgan fingerprint density at radius 1 is 1.23 bits per heavy atom. The molecule has 2 rings (SSSR count).